The molecule has 0 aliphatic carbocycles. The number of hydrogen-bond donors (Lipinski definition) is 3. The van der Waals surface area contributed by atoms with Crippen LogP contribution in [0.5, 0.6) is 0 Å². The summed E-state index contributed by atoms with van der Waals surface area (Å²) in [5.74, 6) is -1.78. The predicted molar refractivity (Wildman–Crippen MR) is 116 cm³/mol. The lowest BCUT2D eigenvalue weighted by Gasteiger charge is -2.34. The summed E-state index contributed by atoms with van der Waals surface area (Å²) >= 11 is 0. The lowest BCUT2D eigenvalue weighted by molar-refractivity contribution is 0.101. The summed E-state index contributed by atoms with van der Waals surface area (Å²) in [5.41, 5.74) is 6.96. The van der Waals surface area contributed by atoms with Gasteiger partial charge in [-0.1, -0.05) is 6.07 Å². The van der Waals surface area contributed by atoms with Gasteiger partial charge in [-0.25, -0.2) is 27.1 Å². The van der Waals surface area contributed by atoms with Crippen LogP contribution < -0.4 is 11.1 Å². The lowest BCUT2D eigenvalue weighted by atomic mass is 9.93. The Balaban J connectivity index is 1.67. The van der Waals surface area contributed by atoms with Crippen molar-refractivity contribution in [3.05, 3.63) is 59.2 Å². The van der Waals surface area contributed by atoms with Gasteiger partial charge in [-0.3, -0.25) is 4.79 Å². The van der Waals surface area contributed by atoms with E-state index in [0.29, 0.717) is 5.52 Å². The van der Waals surface area contributed by atoms with Crippen molar-refractivity contribution in [1.29, 1.82) is 0 Å². The van der Waals surface area contributed by atoms with Gasteiger partial charge in [0.1, 0.15) is 11.4 Å². The van der Waals surface area contributed by atoms with Crippen LogP contribution in [0, 0.1) is 12.7 Å². The number of benzene rings is 2. The number of hydrogen-bond acceptors (Lipinski definition) is 6. The van der Waals surface area contributed by atoms with Crippen LogP contribution in [0.4, 0.5) is 10.1 Å². The molecule has 0 saturated carbocycles. The predicted octanol–water partition coefficient (Wildman–Crippen LogP) is 2.07. The number of aliphatic imine (C=N–C) groups is 1. The van der Waals surface area contributed by atoms with Crippen LogP contribution in [0.1, 0.15) is 28.7 Å². The second-order valence-corrected chi connectivity index (χ2v) is 9.72. The zero-order valence-corrected chi connectivity index (χ0v) is 17.9. The van der Waals surface area contributed by atoms with E-state index >= 15 is 0 Å². The number of fused-ring (bicyclic) bond motifs is 1. The smallest absolute Gasteiger partial charge is 0.291 e. The first-order chi connectivity index (χ1) is 14.5. The fourth-order valence-electron chi connectivity index (χ4n) is 3.53. The maximum atomic E-state index is 14.7. The molecule has 31 heavy (non-hydrogen) atoms. The van der Waals surface area contributed by atoms with Gasteiger partial charge in [0.05, 0.1) is 16.8 Å². The van der Waals surface area contributed by atoms with Gasteiger partial charge in [0.15, 0.2) is 5.82 Å². The molecule has 0 spiro atoms. The maximum absolute atomic E-state index is 14.7. The molecular weight excluding hydrogens is 423 g/mol. The van der Waals surface area contributed by atoms with Crippen molar-refractivity contribution < 1.29 is 17.6 Å². The van der Waals surface area contributed by atoms with E-state index in [0.717, 1.165) is 21.5 Å². The number of aromatic nitrogens is 2. The Morgan fingerprint density at radius 2 is 2.03 bits per heavy atom. The molecule has 1 amide bonds. The maximum Gasteiger partial charge on any atom is 0.291 e. The monoisotopic (exact) mass is 444 g/mol. The Bertz CT molecular complexity index is 1350. The SMILES string of the molecule is Cc1ccc2nc(C(=O)Nc3ccc(F)c(C4(C)CS(=O)(=O)N(C)C(N)=N4)c3)[nH]c2c1. The molecule has 0 radical (unpaired) electrons. The van der Waals surface area contributed by atoms with Gasteiger partial charge >= 0.3 is 0 Å². The quantitative estimate of drug-likeness (QED) is 0.569. The van der Waals surface area contributed by atoms with E-state index in [2.05, 4.69) is 20.3 Å². The third-order valence-corrected chi connectivity index (χ3v) is 7.17. The molecule has 4 rings (SSSR count). The highest BCUT2D eigenvalue weighted by Gasteiger charge is 2.41. The van der Waals surface area contributed by atoms with Gasteiger partial charge in [-0.05, 0) is 49.7 Å². The molecule has 2 heterocycles. The second-order valence-electron chi connectivity index (χ2n) is 7.72. The van der Waals surface area contributed by atoms with Crippen LogP contribution in [0.3, 0.4) is 0 Å². The number of H-pyrrole nitrogens is 1. The van der Waals surface area contributed by atoms with Crippen molar-refractivity contribution in [3.63, 3.8) is 0 Å². The largest absolute Gasteiger partial charge is 0.369 e. The van der Waals surface area contributed by atoms with E-state index in [1.165, 1.54) is 26.1 Å². The fourth-order valence-corrected chi connectivity index (χ4v) is 4.97. The summed E-state index contributed by atoms with van der Waals surface area (Å²) in [5, 5.41) is 2.66. The van der Waals surface area contributed by atoms with Crippen LogP contribution >= 0.6 is 0 Å². The number of anilines is 1. The third-order valence-electron chi connectivity index (χ3n) is 5.22. The van der Waals surface area contributed by atoms with Crippen molar-refractivity contribution in [2.75, 3.05) is 18.1 Å². The molecule has 0 bridgehead atoms. The Hall–Kier alpha value is -3.47. The number of amides is 1. The Morgan fingerprint density at radius 3 is 2.74 bits per heavy atom. The lowest BCUT2D eigenvalue weighted by Crippen LogP contribution is -2.50. The van der Waals surface area contributed by atoms with Crippen LogP contribution in [-0.4, -0.2) is 47.4 Å². The van der Waals surface area contributed by atoms with E-state index in [4.69, 9.17) is 5.73 Å². The van der Waals surface area contributed by atoms with Crippen molar-refractivity contribution in [2.24, 2.45) is 10.7 Å². The number of guanidine groups is 1. The van der Waals surface area contributed by atoms with Gasteiger partial charge in [0.25, 0.3) is 5.91 Å². The van der Waals surface area contributed by atoms with Gasteiger partial charge < -0.3 is 16.0 Å². The molecule has 0 saturated heterocycles. The van der Waals surface area contributed by atoms with Crippen molar-refractivity contribution in [2.45, 2.75) is 19.4 Å². The van der Waals surface area contributed by atoms with Gasteiger partial charge in [-0.15, -0.1) is 0 Å². The number of sulfonamides is 1. The van der Waals surface area contributed by atoms with Gasteiger partial charge in [-0.2, -0.15) is 0 Å². The molecule has 1 aromatic heterocycles. The van der Waals surface area contributed by atoms with E-state index in [1.54, 1.807) is 6.07 Å². The number of nitrogens with one attached hydrogen (secondary N) is 2. The number of imidazole rings is 1. The molecule has 2 aromatic carbocycles. The molecule has 1 unspecified atom stereocenters. The van der Waals surface area contributed by atoms with Crippen LogP contribution in [0.2, 0.25) is 0 Å². The van der Waals surface area contributed by atoms with E-state index in [9.17, 15) is 17.6 Å². The number of carbonyl (C=O) groups is 1. The van der Waals surface area contributed by atoms with Crippen LogP contribution in [0.25, 0.3) is 11.0 Å². The molecule has 11 heteroatoms. The average Bonchev–Trinajstić information content (AvgIpc) is 3.10. The summed E-state index contributed by atoms with van der Waals surface area (Å²) in [6.45, 7) is 3.41. The number of aromatic amines is 1. The molecule has 9 nitrogen and oxygen atoms in total. The zero-order chi connectivity index (χ0) is 22.6. The molecular formula is C20H21FN6O3S. The standard InChI is InChI=1S/C20H21FN6O3S/c1-11-4-7-15-16(8-11)25-17(24-15)18(28)23-12-5-6-14(21)13(9-12)20(2)10-31(29,30)27(3)19(22)26-20/h4-9H,10H2,1-3H3,(H2,22,26)(H,23,28)(H,24,25). The molecule has 1 aliphatic rings. The summed E-state index contributed by atoms with van der Waals surface area (Å²) in [6.07, 6.45) is 0. The molecule has 3 aromatic rings. The normalized spacial score (nSPS) is 20.5. The first kappa shape index (κ1) is 20.8. The topological polar surface area (TPSA) is 134 Å². The van der Waals surface area contributed by atoms with Gasteiger partial charge in [0.2, 0.25) is 16.0 Å². The Morgan fingerprint density at radius 1 is 1.29 bits per heavy atom. The number of nitrogens with zero attached hydrogens (tertiary/aromatic N) is 3. The third kappa shape index (κ3) is 3.72. The Labute approximate surface area is 178 Å². The van der Waals surface area contributed by atoms with Crippen molar-refractivity contribution in [3.8, 4) is 0 Å². The van der Waals surface area contributed by atoms with Crippen LogP contribution in [-0.2, 0) is 15.6 Å². The minimum absolute atomic E-state index is 0.00477. The first-order valence-corrected chi connectivity index (χ1v) is 11.0. The number of rotatable bonds is 3. The molecule has 1 atom stereocenters. The van der Waals surface area contributed by atoms with E-state index in [1.807, 2.05) is 19.1 Å². The zero-order valence-electron chi connectivity index (χ0n) is 17.1. The van der Waals surface area contributed by atoms with Crippen LogP contribution in [0.15, 0.2) is 41.4 Å². The summed E-state index contributed by atoms with van der Waals surface area (Å²) in [7, 11) is -2.48. The van der Waals surface area contributed by atoms with E-state index < -0.39 is 33.0 Å². The highest BCUT2D eigenvalue weighted by Crippen LogP contribution is 2.34. The van der Waals surface area contributed by atoms with Crippen molar-refractivity contribution >= 4 is 38.6 Å². The first-order valence-electron chi connectivity index (χ1n) is 9.38. The number of nitrogens with two attached hydrogens (primary N) is 1. The summed E-state index contributed by atoms with van der Waals surface area (Å²) in [6, 6.07) is 9.45. The van der Waals surface area contributed by atoms with Gasteiger partial charge in [0, 0.05) is 18.3 Å². The number of carbonyl (C=O) groups excluding carboxylic acids is 1. The van der Waals surface area contributed by atoms with E-state index in [-0.39, 0.29) is 23.0 Å². The average molecular weight is 444 g/mol. The van der Waals surface area contributed by atoms with Crippen molar-refractivity contribution in [1.82, 2.24) is 14.3 Å². The Kier molecular flexibility index (Phi) is 4.73. The number of aryl methyl sites for hydroxylation is 1. The molecule has 4 N–H and O–H groups in total. The minimum atomic E-state index is -3.77. The minimum Gasteiger partial charge on any atom is -0.369 e. The molecule has 0 fully saturated rings. The molecule has 1 aliphatic heterocycles. The summed E-state index contributed by atoms with van der Waals surface area (Å²) < 4.78 is 40.3. The number of halogens is 1. The molecule has 162 valence electrons. The second kappa shape index (κ2) is 7.05. The highest BCUT2D eigenvalue weighted by atomic mass is 32.2. The highest BCUT2D eigenvalue weighted by molar-refractivity contribution is 7.89. The summed E-state index contributed by atoms with van der Waals surface area (Å²) in [4.78, 5) is 24.1. The fraction of sp³-hybridized carbons (Fsp3) is 0.250.